The van der Waals surface area contributed by atoms with Crippen LogP contribution in [0.5, 0.6) is 0 Å². The normalized spacial score (nSPS) is 12.2. The Balaban J connectivity index is 2.26. The van der Waals surface area contributed by atoms with Crippen LogP contribution in [0.4, 0.5) is 11.9 Å². The van der Waals surface area contributed by atoms with E-state index in [1.165, 1.54) is 11.0 Å². The predicted octanol–water partition coefficient (Wildman–Crippen LogP) is 1.09. The van der Waals surface area contributed by atoms with E-state index in [-0.39, 0.29) is 0 Å². The van der Waals surface area contributed by atoms with Gasteiger partial charge in [0.1, 0.15) is 12.7 Å². The summed E-state index contributed by atoms with van der Waals surface area (Å²) in [5, 5.41) is 10.2. The summed E-state index contributed by atoms with van der Waals surface area (Å²) in [6.45, 7) is 4.24. The molecule has 1 atom stereocenters. The fraction of sp³-hybridized carbons (Fsp3) is 0.545. The van der Waals surface area contributed by atoms with Crippen LogP contribution in [-0.4, -0.2) is 42.8 Å². The number of nitrogens with zero attached hydrogens (tertiary/aromatic N) is 6. The van der Waals surface area contributed by atoms with Gasteiger partial charge in [0.15, 0.2) is 0 Å². The van der Waals surface area contributed by atoms with E-state index < -0.39 is 0 Å². The molecule has 0 aliphatic heterocycles. The Bertz CT molecular complexity index is 509. The molecule has 102 valence electrons. The van der Waals surface area contributed by atoms with Crippen molar-refractivity contribution in [3.63, 3.8) is 0 Å². The van der Waals surface area contributed by atoms with E-state index in [4.69, 9.17) is 0 Å². The molecule has 19 heavy (non-hydrogen) atoms. The first-order chi connectivity index (χ1) is 9.22. The van der Waals surface area contributed by atoms with Gasteiger partial charge in [0.2, 0.25) is 11.9 Å². The van der Waals surface area contributed by atoms with Crippen LogP contribution in [0.25, 0.3) is 5.95 Å². The molecule has 2 aromatic rings. The lowest BCUT2D eigenvalue weighted by Crippen LogP contribution is -2.18. The van der Waals surface area contributed by atoms with Crippen molar-refractivity contribution < 1.29 is 0 Å². The lowest BCUT2D eigenvalue weighted by atomic mass is 10.2. The third-order valence-corrected chi connectivity index (χ3v) is 2.57. The fourth-order valence-corrected chi connectivity index (χ4v) is 1.68. The van der Waals surface area contributed by atoms with Gasteiger partial charge in [-0.05, 0) is 13.3 Å². The van der Waals surface area contributed by atoms with Crippen LogP contribution in [0.1, 0.15) is 26.7 Å². The summed E-state index contributed by atoms with van der Waals surface area (Å²) in [6, 6.07) is 0.306. The maximum Gasteiger partial charge on any atom is 0.258 e. The van der Waals surface area contributed by atoms with E-state index in [0.29, 0.717) is 23.9 Å². The highest BCUT2D eigenvalue weighted by Crippen LogP contribution is 2.10. The highest BCUT2D eigenvalue weighted by atomic mass is 15.4. The maximum atomic E-state index is 4.33. The van der Waals surface area contributed by atoms with Crippen molar-refractivity contribution in [2.75, 3.05) is 17.7 Å². The Morgan fingerprint density at radius 1 is 1.26 bits per heavy atom. The zero-order valence-corrected chi connectivity index (χ0v) is 11.3. The summed E-state index contributed by atoms with van der Waals surface area (Å²) in [4.78, 5) is 16.7. The van der Waals surface area contributed by atoms with Gasteiger partial charge in [-0.2, -0.15) is 24.7 Å². The standard InChI is InChI=1S/C11H18N8/c1-4-5-8(2)15-10-16-9(12-3)17-11(18-10)19-7-13-6-14-19/h6-8H,4-5H2,1-3H3,(H2,12,15,16,17,18). The van der Waals surface area contributed by atoms with Gasteiger partial charge in [-0.3, -0.25) is 0 Å². The van der Waals surface area contributed by atoms with Gasteiger partial charge in [-0.1, -0.05) is 13.3 Å². The first-order valence-electron chi connectivity index (χ1n) is 6.28. The molecule has 0 aliphatic rings. The molecule has 0 fully saturated rings. The summed E-state index contributed by atoms with van der Waals surface area (Å²) < 4.78 is 1.50. The summed E-state index contributed by atoms with van der Waals surface area (Å²) in [7, 11) is 1.76. The SMILES string of the molecule is CCCC(C)Nc1nc(NC)nc(-n2cncn2)n1. The van der Waals surface area contributed by atoms with Crippen molar-refractivity contribution in [2.24, 2.45) is 0 Å². The van der Waals surface area contributed by atoms with Crippen molar-refractivity contribution >= 4 is 11.9 Å². The Morgan fingerprint density at radius 3 is 2.68 bits per heavy atom. The molecule has 0 amide bonds. The average molecular weight is 262 g/mol. The molecule has 8 heteroatoms. The number of nitrogens with one attached hydrogen (secondary N) is 2. The highest BCUT2D eigenvalue weighted by Gasteiger charge is 2.09. The Labute approximate surface area is 111 Å². The second-order valence-corrected chi connectivity index (χ2v) is 4.21. The second kappa shape index (κ2) is 6.07. The van der Waals surface area contributed by atoms with E-state index in [1.54, 1.807) is 13.4 Å². The topological polar surface area (TPSA) is 93.4 Å². The monoisotopic (exact) mass is 262 g/mol. The molecule has 2 N–H and O–H groups in total. The quantitative estimate of drug-likeness (QED) is 0.804. The lowest BCUT2D eigenvalue weighted by molar-refractivity contribution is 0.680. The second-order valence-electron chi connectivity index (χ2n) is 4.21. The smallest absolute Gasteiger partial charge is 0.258 e. The molecule has 0 bridgehead atoms. The van der Waals surface area contributed by atoms with Gasteiger partial charge in [0.25, 0.3) is 5.95 Å². The molecule has 0 aromatic carbocycles. The molecule has 0 aliphatic carbocycles. The van der Waals surface area contributed by atoms with E-state index in [1.807, 2.05) is 0 Å². The average Bonchev–Trinajstić information content (AvgIpc) is 2.92. The zero-order valence-electron chi connectivity index (χ0n) is 11.3. The minimum atomic E-state index is 0.306. The van der Waals surface area contributed by atoms with Crippen molar-refractivity contribution in [1.82, 2.24) is 29.7 Å². The van der Waals surface area contributed by atoms with Gasteiger partial charge < -0.3 is 10.6 Å². The molecule has 1 unspecified atom stereocenters. The molecule has 2 rings (SSSR count). The Morgan fingerprint density at radius 2 is 2.05 bits per heavy atom. The Hall–Kier alpha value is -2.25. The largest absolute Gasteiger partial charge is 0.357 e. The van der Waals surface area contributed by atoms with Gasteiger partial charge >= 0.3 is 0 Å². The number of hydrogen-bond acceptors (Lipinski definition) is 7. The number of rotatable bonds is 6. The molecule has 0 saturated carbocycles. The van der Waals surface area contributed by atoms with Crippen molar-refractivity contribution in [3.8, 4) is 5.95 Å². The molecule has 2 aromatic heterocycles. The molecule has 8 nitrogen and oxygen atoms in total. The van der Waals surface area contributed by atoms with Crippen LogP contribution in [0.15, 0.2) is 12.7 Å². The van der Waals surface area contributed by atoms with Gasteiger partial charge in [0, 0.05) is 13.1 Å². The van der Waals surface area contributed by atoms with Crippen LogP contribution in [0, 0.1) is 0 Å². The minimum absolute atomic E-state index is 0.306. The van der Waals surface area contributed by atoms with Crippen LogP contribution in [-0.2, 0) is 0 Å². The first kappa shape index (κ1) is 13.2. The van der Waals surface area contributed by atoms with E-state index in [2.05, 4.69) is 49.5 Å². The highest BCUT2D eigenvalue weighted by molar-refractivity contribution is 5.37. The lowest BCUT2D eigenvalue weighted by Gasteiger charge is -2.13. The van der Waals surface area contributed by atoms with Crippen molar-refractivity contribution in [3.05, 3.63) is 12.7 Å². The van der Waals surface area contributed by atoms with E-state index >= 15 is 0 Å². The van der Waals surface area contributed by atoms with Gasteiger partial charge in [-0.15, -0.1) is 0 Å². The third-order valence-electron chi connectivity index (χ3n) is 2.57. The number of aromatic nitrogens is 6. The van der Waals surface area contributed by atoms with Crippen LogP contribution in [0.2, 0.25) is 0 Å². The van der Waals surface area contributed by atoms with Crippen molar-refractivity contribution in [2.45, 2.75) is 32.7 Å². The van der Waals surface area contributed by atoms with Crippen LogP contribution >= 0.6 is 0 Å². The number of hydrogen-bond donors (Lipinski definition) is 2. The van der Waals surface area contributed by atoms with Crippen LogP contribution < -0.4 is 10.6 Å². The fourth-order valence-electron chi connectivity index (χ4n) is 1.68. The van der Waals surface area contributed by atoms with Crippen LogP contribution in [0.3, 0.4) is 0 Å². The van der Waals surface area contributed by atoms with Gasteiger partial charge in [-0.25, -0.2) is 4.98 Å². The summed E-state index contributed by atoms with van der Waals surface area (Å²) in [6.07, 6.45) is 5.15. The number of anilines is 2. The molecular formula is C11H18N8. The Kier molecular flexibility index (Phi) is 4.22. The molecular weight excluding hydrogens is 244 g/mol. The predicted molar refractivity (Wildman–Crippen MR) is 72.3 cm³/mol. The minimum Gasteiger partial charge on any atom is -0.357 e. The maximum absolute atomic E-state index is 4.33. The molecule has 2 heterocycles. The van der Waals surface area contributed by atoms with Crippen molar-refractivity contribution in [1.29, 1.82) is 0 Å². The molecule has 0 radical (unpaired) electrons. The summed E-state index contributed by atoms with van der Waals surface area (Å²) in [5.41, 5.74) is 0. The molecule has 0 saturated heterocycles. The molecule has 0 spiro atoms. The first-order valence-corrected chi connectivity index (χ1v) is 6.28. The van der Waals surface area contributed by atoms with Gasteiger partial charge in [0.05, 0.1) is 0 Å². The summed E-state index contributed by atoms with van der Waals surface area (Å²) >= 11 is 0. The summed E-state index contributed by atoms with van der Waals surface area (Å²) in [5.74, 6) is 1.46. The van der Waals surface area contributed by atoms with E-state index in [0.717, 1.165) is 12.8 Å². The van der Waals surface area contributed by atoms with E-state index in [9.17, 15) is 0 Å². The third kappa shape index (κ3) is 3.36. The zero-order chi connectivity index (χ0) is 13.7.